The first-order valence-electron chi connectivity index (χ1n) is 10.4. The number of rotatable bonds is 5. The van der Waals surface area contributed by atoms with E-state index in [-0.39, 0.29) is 30.5 Å². The van der Waals surface area contributed by atoms with Crippen LogP contribution in [-0.4, -0.2) is 41.3 Å². The third-order valence-electron chi connectivity index (χ3n) is 5.75. The Morgan fingerprint density at radius 2 is 1.97 bits per heavy atom. The number of thiazole rings is 1. The van der Waals surface area contributed by atoms with Crippen molar-refractivity contribution in [2.45, 2.75) is 33.2 Å². The van der Waals surface area contributed by atoms with E-state index >= 15 is 0 Å². The lowest BCUT2D eigenvalue weighted by Gasteiger charge is -2.34. The molecule has 2 saturated heterocycles. The van der Waals surface area contributed by atoms with E-state index in [9.17, 15) is 14.0 Å². The third-order valence-corrected chi connectivity index (χ3v) is 6.56. The quantitative estimate of drug-likeness (QED) is 0.785. The molecule has 0 radical (unpaired) electrons. The van der Waals surface area contributed by atoms with Gasteiger partial charge in [0, 0.05) is 38.0 Å². The van der Waals surface area contributed by atoms with Crippen molar-refractivity contribution < 1.29 is 14.0 Å². The number of para-hydroxylation sites is 1. The second-order valence-corrected chi connectivity index (χ2v) is 9.49. The molecule has 1 aromatic heterocycles. The lowest BCUT2D eigenvalue weighted by Crippen LogP contribution is -2.38. The van der Waals surface area contributed by atoms with Crippen LogP contribution in [-0.2, 0) is 16.1 Å². The molecule has 2 fully saturated rings. The fourth-order valence-corrected chi connectivity index (χ4v) is 5.29. The Balaban J connectivity index is 1.35. The van der Waals surface area contributed by atoms with Crippen molar-refractivity contribution in [2.75, 3.05) is 29.9 Å². The largest absolute Gasteiger partial charge is 0.309 e. The number of hydrogen-bond donors (Lipinski definition) is 1. The Kier molecular flexibility index (Phi) is 6.15. The van der Waals surface area contributed by atoms with E-state index in [2.05, 4.69) is 29.0 Å². The van der Waals surface area contributed by atoms with Gasteiger partial charge in [0.25, 0.3) is 0 Å². The predicted molar refractivity (Wildman–Crippen MR) is 116 cm³/mol. The number of hydrogen-bond acceptors (Lipinski definition) is 5. The van der Waals surface area contributed by atoms with Gasteiger partial charge >= 0.3 is 0 Å². The van der Waals surface area contributed by atoms with Gasteiger partial charge in [0.2, 0.25) is 11.8 Å². The van der Waals surface area contributed by atoms with E-state index in [4.69, 9.17) is 0 Å². The maximum atomic E-state index is 14.0. The van der Waals surface area contributed by atoms with Gasteiger partial charge in [-0.1, -0.05) is 26.0 Å². The van der Waals surface area contributed by atoms with Crippen molar-refractivity contribution >= 4 is 34.0 Å². The van der Waals surface area contributed by atoms with Crippen molar-refractivity contribution in [1.82, 2.24) is 9.88 Å². The van der Waals surface area contributed by atoms with Crippen LogP contribution in [0.15, 0.2) is 29.6 Å². The minimum absolute atomic E-state index is 0.0714. The Morgan fingerprint density at radius 1 is 1.23 bits per heavy atom. The average Bonchev–Trinajstić information content (AvgIpc) is 3.28. The van der Waals surface area contributed by atoms with Crippen molar-refractivity contribution in [1.29, 1.82) is 0 Å². The van der Waals surface area contributed by atoms with Gasteiger partial charge < -0.3 is 10.2 Å². The first kappa shape index (κ1) is 20.9. The van der Waals surface area contributed by atoms with Crippen LogP contribution >= 0.6 is 11.3 Å². The molecule has 3 heterocycles. The SMILES string of the molecule is CC1CC(C)CN(Cc2csc(NC(=O)C3CC(=O)N(c4ccccc4F)C3)n2)C1. The highest BCUT2D eigenvalue weighted by molar-refractivity contribution is 7.13. The maximum absolute atomic E-state index is 14.0. The molecule has 8 heteroatoms. The Hall–Kier alpha value is -2.32. The Labute approximate surface area is 180 Å². The van der Waals surface area contributed by atoms with Crippen molar-refractivity contribution in [3.8, 4) is 0 Å². The van der Waals surface area contributed by atoms with Crippen LogP contribution in [0.25, 0.3) is 0 Å². The van der Waals surface area contributed by atoms with Gasteiger partial charge in [0.1, 0.15) is 5.82 Å². The van der Waals surface area contributed by atoms with E-state index in [1.54, 1.807) is 18.2 Å². The van der Waals surface area contributed by atoms with Crippen molar-refractivity contribution in [3.05, 3.63) is 41.2 Å². The van der Waals surface area contributed by atoms with Crippen LogP contribution in [0.4, 0.5) is 15.2 Å². The summed E-state index contributed by atoms with van der Waals surface area (Å²) in [6, 6.07) is 6.13. The van der Waals surface area contributed by atoms with Gasteiger partial charge in [-0.3, -0.25) is 14.5 Å². The Morgan fingerprint density at radius 3 is 2.70 bits per heavy atom. The summed E-state index contributed by atoms with van der Waals surface area (Å²) in [6.07, 6.45) is 1.33. The average molecular weight is 431 g/mol. The molecule has 2 aromatic rings. The maximum Gasteiger partial charge on any atom is 0.231 e. The fraction of sp³-hybridized carbons (Fsp3) is 0.500. The van der Waals surface area contributed by atoms with Crippen LogP contribution in [0.1, 0.15) is 32.4 Å². The first-order valence-corrected chi connectivity index (χ1v) is 11.3. The molecule has 30 heavy (non-hydrogen) atoms. The van der Waals surface area contributed by atoms with Crippen molar-refractivity contribution in [2.24, 2.45) is 17.8 Å². The minimum atomic E-state index is -0.520. The van der Waals surface area contributed by atoms with Gasteiger partial charge in [-0.15, -0.1) is 11.3 Å². The molecule has 4 rings (SSSR count). The fourth-order valence-electron chi connectivity index (χ4n) is 4.58. The zero-order chi connectivity index (χ0) is 21.3. The van der Waals surface area contributed by atoms with E-state index in [0.717, 1.165) is 25.3 Å². The van der Waals surface area contributed by atoms with Gasteiger partial charge in [0.15, 0.2) is 5.13 Å². The number of carbonyl (C=O) groups excluding carboxylic acids is 2. The molecule has 0 saturated carbocycles. The number of piperidine rings is 1. The molecule has 0 aliphatic carbocycles. The number of halogens is 1. The minimum Gasteiger partial charge on any atom is -0.309 e. The molecule has 2 amide bonds. The molecule has 6 nitrogen and oxygen atoms in total. The summed E-state index contributed by atoms with van der Waals surface area (Å²) in [4.78, 5) is 33.3. The van der Waals surface area contributed by atoms with Crippen molar-refractivity contribution in [3.63, 3.8) is 0 Å². The number of nitrogens with one attached hydrogen (secondary N) is 1. The smallest absolute Gasteiger partial charge is 0.231 e. The third kappa shape index (κ3) is 4.70. The summed E-state index contributed by atoms with van der Waals surface area (Å²) in [5.41, 5.74) is 1.17. The summed E-state index contributed by atoms with van der Waals surface area (Å²) in [5.74, 6) is -0.101. The zero-order valence-corrected chi connectivity index (χ0v) is 18.1. The van der Waals surface area contributed by atoms with Crippen LogP contribution in [0.5, 0.6) is 0 Å². The van der Waals surface area contributed by atoms with Crippen LogP contribution in [0.2, 0.25) is 0 Å². The highest BCUT2D eigenvalue weighted by Gasteiger charge is 2.36. The van der Waals surface area contributed by atoms with Gasteiger partial charge in [-0.05, 0) is 30.4 Å². The number of aromatic nitrogens is 1. The normalized spacial score (nSPS) is 25.0. The topological polar surface area (TPSA) is 65.5 Å². The molecular formula is C22H27FN4O2S. The van der Waals surface area contributed by atoms with Gasteiger partial charge in [-0.25, -0.2) is 9.37 Å². The zero-order valence-electron chi connectivity index (χ0n) is 17.3. The lowest BCUT2D eigenvalue weighted by molar-refractivity contribution is -0.122. The highest BCUT2D eigenvalue weighted by atomic mass is 32.1. The number of carbonyl (C=O) groups is 2. The molecule has 160 valence electrons. The highest BCUT2D eigenvalue weighted by Crippen LogP contribution is 2.29. The molecule has 3 unspecified atom stereocenters. The summed E-state index contributed by atoms with van der Waals surface area (Å²) in [7, 11) is 0. The van der Waals surface area contributed by atoms with Crippen LogP contribution in [0.3, 0.4) is 0 Å². The first-order chi connectivity index (χ1) is 14.4. The summed E-state index contributed by atoms with van der Waals surface area (Å²) in [6.45, 7) is 7.66. The number of benzene rings is 1. The number of likely N-dealkylation sites (tertiary alicyclic amines) is 1. The lowest BCUT2D eigenvalue weighted by atomic mass is 9.92. The number of nitrogens with zero attached hydrogens (tertiary/aromatic N) is 3. The molecule has 2 aliphatic heterocycles. The van der Waals surface area contributed by atoms with Gasteiger partial charge in [0.05, 0.1) is 17.3 Å². The predicted octanol–water partition coefficient (Wildman–Crippen LogP) is 3.75. The van der Waals surface area contributed by atoms with Crippen LogP contribution in [0, 0.1) is 23.6 Å². The second kappa shape index (κ2) is 8.81. The van der Waals surface area contributed by atoms with Gasteiger partial charge in [-0.2, -0.15) is 0 Å². The molecule has 1 aromatic carbocycles. The summed E-state index contributed by atoms with van der Waals surface area (Å²) in [5, 5.41) is 5.37. The van der Waals surface area contributed by atoms with E-state index in [1.807, 2.05) is 5.38 Å². The molecule has 3 atom stereocenters. The van der Waals surface area contributed by atoms with E-state index < -0.39 is 11.7 Å². The molecule has 0 bridgehead atoms. The molecular weight excluding hydrogens is 403 g/mol. The summed E-state index contributed by atoms with van der Waals surface area (Å²) >= 11 is 1.40. The Bertz CT molecular complexity index is 923. The molecule has 1 N–H and O–H groups in total. The molecule has 0 spiro atoms. The molecule has 2 aliphatic rings. The van der Waals surface area contributed by atoms with Crippen LogP contribution < -0.4 is 10.2 Å². The van der Waals surface area contributed by atoms with E-state index in [0.29, 0.717) is 17.0 Å². The monoisotopic (exact) mass is 430 g/mol. The standard InChI is InChI=1S/C22H27FN4O2S/c1-14-7-15(2)10-26(9-14)12-17-13-30-22(24-17)25-21(29)16-8-20(28)27(11-16)19-6-4-3-5-18(19)23/h3-6,13-16H,7-12H2,1-2H3,(H,24,25,29). The summed E-state index contributed by atoms with van der Waals surface area (Å²) < 4.78 is 14.0. The second-order valence-electron chi connectivity index (χ2n) is 8.63. The number of amides is 2. The van der Waals surface area contributed by atoms with E-state index in [1.165, 1.54) is 28.7 Å². The number of anilines is 2.